The van der Waals surface area contributed by atoms with Crippen LogP contribution in [0.1, 0.15) is 20.3 Å². The molecule has 8 nitrogen and oxygen atoms in total. The van der Waals surface area contributed by atoms with Gasteiger partial charge in [-0.05, 0) is 6.08 Å². The van der Waals surface area contributed by atoms with E-state index in [1.54, 1.807) is 6.92 Å². The highest BCUT2D eigenvalue weighted by molar-refractivity contribution is 5.84. The highest BCUT2D eigenvalue weighted by Crippen LogP contribution is 2.26. The van der Waals surface area contributed by atoms with E-state index in [-0.39, 0.29) is 12.3 Å². The first-order valence-electron chi connectivity index (χ1n) is 6.69. The minimum Gasteiger partial charge on any atom is -0.481 e. The lowest BCUT2D eigenvalue weighted by Gasteiger charge is -2.39. The number of hydrogen-bond donors (Lipinski definition) is 5. The van der Waals surface area contributed by atoms with Gasteiger partial charge in [0.05, 0.1) is 24.9 Å². The van der Waals surface area contributed by atoms with Crippen molar-refractivity contribution in [2.75, 3.05) is 6.61 Å². The van der Waals surface area contributed by atoms with Crippen LogP contribution >= 0.6 is 0 Å². The summed E-state index contributed by atoms with van der Waals surface area (Å²) in [7, 11) is 0. The summed E-state index contributed by atoms with van der Waals surface area (Å²) in [4.78, 5) is 22.5. The highest BCUT2D eigenvalue weighted by Gasteiger charge is 2.41. The molecule has 0 fully saturated rings. The van der Waals surface area contributed by atoms with Gasteiger partial charge in [-0.25, -0.2) is 4.79 Å². The van der Waals surface area contributed by atoms with Gasteiger partial charge in [-0.15, -0.1) is 0 Å². The number of carboxylic acids is 1. The molecule has 0 saturated heterocycles. The number of aliphatic carboxylic acids is 1. The molecule has 1 aliphatic heterocycles. The van der Waals surface area contributed by atoms with E-state index in [9.17, 15) is 19.8 Å². The smallest absolute Gasteiger partial charge is 0.370 e. The van der Waals surface area contributed by atoms with Crippen molar-refractivity contribution >= 4 is 11.9 Å². The van der Waals surface area contributed by atoms with Crippen LogP contribution < -0.4 is 5.32 Å². The average Bonchev–Trinajstić information content (AvgIpc) is 2.46. The first-order valence-corrected chi connectivity index (χ1v) is 6.69. The van der Waals surface area contributed by atoms with Crippen LogP contribution in [0.5, 0.6) is 0 Å². The largest absolute Gasteiger partial charge is 0.481 e. The Morgan fingerprint density at radius 1 is 1.48 bits per heavy atom. The fraction of sp³-hybridized carbons (Fsp3) is 0.692. The molecule has 1 aliphatic rings. The van der Waals surface area contributed by atoms with Crippen molar-refractivity contribution in [1.29, 1.82) is 0 Å². The van der Waals surface area contributed by atoms with Crippen molar-refractivity contribution in [2.45, 2.75) is 44.6 Å². The van der Waals surface area contributed by atoms with E-state index >= 15 is 0 Å². The summed E-state index contributed by atoms with van der Waals surface area (Å²) in [6.45, 7) is 2.62. The Labute approximate surface area is 122 Å². The maximum Gasteiger partial charge on any atom is 0.370 e. The number of carbonyl (C=O) groups is 2. The molecule has 120 valence electrons. The average molecular weight is 303 g/mol. The SMILES string of the molecule is CCC(=O)N[C@@H]1C(O)C=C(C(=O)O)OC1C(C)C(O)CO. The normalized spacial score (nSPS) is 28.0. The molecule has 8 heteroatoms. The van der Waals surface area contributed by atoms with Crippen molar-refractivity contribution in [1.82, 2.24) is 5.32 Å². The van der Waals surface area contributed by atoms with Gasteiger partial charge >= 0.3 is 5.97 Å². The number of carbonyl (C=O) groups excluding carboxylic acids is 1. The van der Waals surface area contributed by atoms with E-state index in [1.807, 2.05) is 0 Å². The number of aliphatic hydroxyl groups is 3. The fourth-order valence-corrected chi connectivity index (χ4v) is 2.11. The Balaban J connectivity index is 3.04. The Hall–Kier alpha value is -1.64. The highest BCUT2D eigenvalue weighted by atomic mass is 16.5. The molecule has 0 saturated carbocycles. The van der Waals surface area contributed by atoms with Gasteiger partial charge in [0.25, 0.3) is 0 Å². The van der Waals surface area contributed by atoms with Crippen molar-refractivity contribution < 1.29 is 34.8 Å². The van der Waals surface area contributed by atoms with Crippen LogP contribution in [0.4, 0.5) is 0 Å². The van der Waals surface area contributed by atoms with Crippen molar-refractivity contribution in [3.8, 4) is 0 Å². The summed E-state index contributed by atoms with van der Waals surface area (Å²) >= 11 is 0. The van der Waals surface area contributed by atoms with Gasteiger partial charge < -0.3 is 30.5 Å². The molecule has 0 aromatic rings. The van der Waals surface area contributed by atoms with Gasteiger partial charge in [0, 0.05) is 12.3 Å². The lowest BCUT2D eigenvalue weighted by molar-refractivity contribution is -0.143. The van der Waals surface area contributed by atoms with Crippen LogP contribution in [0.3, 0.4) is 0 Å². The van der Waals surface area contributed by atoms with Crippen molar-refractivity contribution in [3.63, 3.8) is 0 Å². The molecule has 1 amide bonds. The lowest BCUT2D eigenvalue weighted by atomic mass is 9.88. The first-order chi connectivity index (χ1) is 9.81. The number of amides is 1. The van der Waals surface area contributed by atoms with Crippen molar-refractivity contribution in [2.24, 2.45) is 5.92 Å². The molecule has 5 atom stereocenters. The van der Waals surface area contributed by atoms with Crippen LogP contribution in [0, 0.1) is 5.92 Å². The Morgan fingerprint density at radius 3 is 2.57 bits per heavy atom. The summed E-state index contributed by atoms with van der Waals surface area (Å²) in [5.74, 6) is -2.85. The predicted molar refractivity (Wildman–Crippen MR) is 71.1 cm³/mol. The molecule has 0 aromatic heterocycles. The Bertz CT molecular complexity index is 423. The molecule has 0 aliphatic carbocycles. The Morgan fingerprint density at radius 2 is 2.10 bits per heavy atom. The van der Waals surface area contributed by atoms with Crippen LogP contribution in [-0.4, -0.2) is 63.3 Å². The first kappa shape index (κ1) is 17.4. The second-order valence-corrected chi connectivity index (χ2v) is 4.97. The van der Waals surface area contributed by atoms with E-state index in [0.717, 1.165) is 6.08 Å². The third-order valence-corrected chi connectivity index (χ3v) is 3.48. The quantitative estimate of drug-likeness (QED) is 0.407. The predicted octanol–water partition coefficient (Wildman–Crippen LogP) is -1.40. The van der Waals surface area contributed by atoms with E-state index in [0.29, 0.717) is 0 Å². The number of rotatable bonds is 6. The van der Waals surface area contributed by atoms with Crippen LogP contribution in [0.2, 0.25) is 0 Å². The molecule has 5 N–H and O–H groups in total. The van der Waals surface area contributed by atoms with E-state index in [1.165, 1.54) is 6.92 Å². The molecule has 1 rings (SSSR count). The molecular formula is C13H21NO7. The van der Waals surface area contributed by atoms with Gasteiger partial charge in [-0.2, -0.15) is 0 Å². The Kier molecular flexibility index (Phi) is 6.13. The van der Waals surface area contributed by atoms with Crippen LogP contribution in [0.25, 0.3) is 0 Å². The van der Waals surface area contributed by atoms with Gasteiger partial charge in [0.2, 0.25) is 11.7 Å². The molecule has 1 heterocycles. The lowest BCUT2D eigenvalue weighted by Crippen LogP contribution is -2.57. The zero-order valence-corrected chi connectivity index (χ0v) is 11.9. The number of nitrogens with one attached hydrogen (secondary N) is 1. The summed E-state index contributed by atoms with van der Waals surface area (Å²) in [6.07, 6.45) is -2.23. The molecule has 4 unspecified atom stereocenters. The van der Waals surface area contributed by atoms with E-state index < -0.39 is 48.6 Å². The fourth-order valence-electron chi connectivity index (χ4n) is 2.11. The third-order valence-electron chi connectivity index (χ3n) is 3.48. The monoisotopic (exact) mass is 303 g/mol. The summed E-state index contributed by atoms with van der Waals surface area (Å²) in [5, 5.41) is 40.2. The number of carboxylic acid groups (broad SMARTS) is 1. The summed E-state index contributed by atoms with van der Waals surface area (Å²) in [5.41, 5.74) is 0. The maximum absolute atomic E-state index is 11.5. The molecule has 0 aromatic carbocycles. The van der Waals surface area contributed by atoms with Crippen LogP contribution in [0.15, 0.2) is 11.8 Å². The third kappa shape index (κ3) is 4.16. The number of hydrogen-bond acceptors (Lipinski definition) is 6. The minimum absolute atomic E-state index is 0.183. The molecular weight excluding hydrogens is 282 g/mol. The van der Waals surface area contributed by atoms with Crippen LogP contribution in [-0.2, 0) is 14.3 Å². The second kappa shape index (κ2) is 7.39. The summed E-state index contributed by atoms with van der Waals surface area (Å²) < 4.78 is 5.28. The van der Waals surface area contributed by atoms with E-state index in [4.69, 9.17) is 14.9 Å². The topological polar surface area (TPSA) is 136 Å². The van der Waals surface area contributed by atoms with Gasteiger partial charge in [-0.1, -0.05) is 13.8 Å². The summed E-state index contributed by atoms with van der Waals surface area (Å²) in [6, 6.07) is -0.906. The molecule has 0 spiro atoms. The van der Waals surface area contributed by atoms with Gasteiger partial charge in [-0.3, -0.25) is 4.79 Å². The molecule has 0 bridgehead atoms. The second-order valence-electron chi connectivity index (χ2n) is 4.97. The standard InChI is InChI=1S/C13H21NO7/c1-3-10(18)14-11-7(16)4-9(13(19)20)21-12(11)6(2)8(17)5-15/h4,6-8,11-12,15-17H,3,5H2,1-2H3,(H,14,18)(H,19,20)/t6?,7?,8?,11-,12?/m1/s1. The zero-order chi connectivity index (χ0) is 16.2. The number of ether oxygens (including phenoxy) is 1. The molecule has 0 radical (unpaired) electrons. The van der Waals surface area contributed by atoms with Gasteiger partial charge in [0.1, 0.15) is 6.10 Å². The molecule has 21 heavy (non-hydrogen) atoms. The van der Waals surface area contributed by atoms with Crippen molar-refractivity contribution in [3.05, 3.63) is 11.8 Å². The zero-order valence-electron chi connectivity index (χ0n) is 11.9. The van der Waals surface area contributed by atoms with E-state index in [2.05, 4.69) is 5.32 Å². The number of aliphatic hydroxyl groups excluding tert-OH is 3. The maximum atomic E-state index is 11.5. The van der Waals surface area contributed by atoms with Gasteiger partial charge in [0.15, 0.2) is 0 Å². The minimum atomic E-state index is -1.36.